The third-order valence-corrected chi connectivity index (χ3v) is 1.82. The Labute approximate surface area is 85.5 Å². The number of benzene rings is 1. The molecule has 0 fully saturated rings. The average Bonchev–Trinajstić information content (AvgIpc) is 2.06. The first-order valence-corrected chi connectivity index (χ1v) is 4.07. The quantitative estimate of drug-likeness (QED) is 0.815. The van der Waals surface area contributed by atoms with Gasteiger partial charge in [-0.05, 0) is 18.1 Å². The Morgan fingerprint density at radius 1 is 1.31 bits per heavy atom. The molecule has 1 aromatic carbocycles. The first-order valence-electron chi connectivity index (χ1n) is 4.07. The van der Waals surface area contributed by atoms with E-state index in [1.165, 1.54) is 5.56 Å². The number of nitrogens with two attached hydrogens (primary N) is 1. The Hall–Kier alpha value is -0.570. The lowest BCUT2D eigenvalue weighted by molar-refractivity contribution is 0.185. The molecule has 1 rings (SSSR count). The second-order valence-corrected chi connectivity index (χ2v) is 2.96. The molecule has 3 heteroatoms. The van der Waals surface area contributed by atoms with Crippen LogP contribution in [-0.4, -0.2) is 7.11 Å². The van der Waals surface area contributed by atoms with Crippen LogP contribution in [0.15, 0.2) is 24.3 Å². The minimum absolute atomic E-state index is 0. The summed E-state index contributed by atoms with van der Waals surface area (Å²) in [5.74, 6) is 0. The van der Waals surface area contributed by atoms with Gasteiger partial charge in [0.1, 0.15) is 0 Å². The molecular formula is C10H16ClNO. The number of methoxy groups -OCH3 is 1. The summed E-state index contributed by atoms with van der Waals surface area (Å²) >= 11 is 0. The van der Waals surface area contributed by atoms with Crippen LogP contribution in [0.1, 0.15) is 24.1 Å². The Kier molecular flexibility index (Phi) is 5.71. The Bertz CT molecular complexity index is 233. The number of hydrogen-bond donors (Lipinski definition) is 1. The fraction of sp³-hybridized carbons (Fsp3) is 0.400. The standard InChI is InChI=1S/C10H15NO.ClH/c1-8(11)10-5-3-9(4-6-10)7-12-2;/h3-6,8H,7,11H2,1-2H3;1H/t8-;/m1./s1. The molecule has 0 radical (unpaired) electrons. The summed E-state index contributed by atoms with van der Waals surface area (Å²) in [6.07, 6.45) is 0. The summed E-state index contributed by atoms with van der Waals surface area (Å²) in [6.45, 7) is 2.64. The minimum Gasteiger partial charge on any atom is -0.380 e. The molecule has 0 amide bonds. The zero-order valence-corrected chi connectivity index (χ0v) is 8.80. The van der Waals surface area contributed by atoms with Gasteiger partial charge in [0, 0.05) is 13.2 Å². The summed E-state index contributed by atoms with van der Waals surface area (Å²) in [5.41, 5.74) is 8.05. The van der Waals surface area contributed by atoms with Gasteiger partial charge < -0.3 is 10.5 Å². The fourth-order valence-corrected chi connectivity index (χ4v) is 1.08. The molecule has 74 valence electrons. The molecule has 0 aliphatic carbocycles. The topological polar surface area (TPSA) is 35.2 Å². The number of hydrogen-bond acceptors (Lipinski definition) is 2. The predicted molar refractivity (Wildman–Crippen MR) is 57.0 cm³/mol. The molecule has 0 saturated carbocycles. The number of halogens is 1. The van der Waals surface area contributed by atoms with Gasteiger partial charge in [-0.2, -0.15) is 0 Å². The van der Waals surface area contributed by atoms with Crippen LogP contribution in [0.5, 0.6) is 0 Å². The van der Waals surface area contributed by atoms with Crippen molar-refractivity contribution in [1.29, 1.82) is 0 Å². The molecule has 0 unspecified atom stereocenters. The highest BCUT2D eigenvalue weighted by Crippen LogP contribution is 2.10. The maximum absolute atomic E-state index is 5.71. The van der Waals surface area contributed by atoms with Crippen LogP contribution in [0, 0.1) is 0 Å². The van der Waals surface area contributed by atoms with E-state index in [2.05, 4.69) is 0 Å². The lowest BCUT2D eigenvalue weighted by Gasteiger charge is -2.05. The van der Waals surface area contributed by atoms with E-state index in [1.54, 1.807) is 7.11 Å². The monoisotopic (exact) mass is 201 g/mol. The largest absolute Gasteiger partial charge is 0.380 e. The van der Waals surface area contributed by atoms with Gasteiger partial charge in [-0.1, -0.05) is 24.3 Å². The van der Waals surface area contributed by atoms with Crippen LogP contribution >= 0.6 is 12.4 Å². The van der Waals surface area contributed by atoms with E-state index in [9.17, 15) is 0 Å². The SMILES string of the molecule is COCc1ccc([C@@H](C)N)cc1.Cl. The van der Waals surface area contributed by atoms with E-state index >= 15 is 0 Å². The molecule has 0 bridgehead atoms. The van der Waals surface area contributed by atoms with Crippen molar-refractivity contribution in [2.24, 2.45) is 5.73 Å². The van der Waals surface area contributed by atoms with Crippen LogP contribution in [-0.2, 0) is 11.3 Å². The molecule has 13 heavy (non-hydrogen) atoms. The van der Waals surface area contributed by atoms with Crippen molar-refractivity contribution in [2.75, 3.05) is 7.11 Å². The van der Waals surface area contributed by atoms with Gasteiger partial charge in [0.25, 0.3) is 0 Å². The highest BCUT2D eigenvalue weighted by Gasteiger charge is 1.97. The van der Waals surface area contributed by atoms with Crippen molar-refractivity contribution in [3.8, 4) is 0 Å². The van der Waals surface area contributed by atoms with Gasteiger partial charge in [0.2, 0.25) is 0 Å². The van der Waals surface area contributed by atoms with Crippen molar-refractivity contribution < 1.29 is 4.74 Å². The van der Waals surface area contributed by atoms with Gasteiger partial charge in [0.05, 0.1) is 6.61 Å². The summed E-state index contributed by atoms with van der Waals surface area (Å²) in [4.78, 5) is 0. The molecule has 1 atom stereocenters. The number of ether oxygens (including phenoxy) is 1. The van der Waals surface area contributed by atoms with Crippen molar-refractivity contribution >= 4 is 12.4 Å². The molecule has 0 spiro atoms. The smallest absolute Gasteiger partial charge is 0.0713 e. The van der Waals surface area contributed by atoms with Crippen molar-refractivity contribution in [1.82, 2.24) is 0 Å². The van der Waals surface area contributed by atoms with E-state index in [1.807, 2.05) is 31.2 Å². The Balaban J connectivity index is 0.00000144. The van der Waals surface area contributed by atoms with Gasteiger partial charge in [0.15, 0.2) is 0 Å². The molecule has 2 N–H and O–H groups in total. The zero-order valence-electron chi connectivity index (χ0n) is 7.99. The van der Waals surface area contributed by atoms with E-state index in [0.717, 1.165) is 5.56 Å². The first kappa shape index (κ1) is 12.4. The third-order valence-electron chi connectivity index (χ3n) is 1.82. The van der Waals surface area contributed by atoms with Gasteiger partial charge in [-0.25, -0.2) is 0 Å². The van der Waals surface area contributed by atoms with Crippen molar-refractivity contribution in [3.05, 3.63) is 35.4 Å². The lowest BCUT2D eigenvalue weighted by Crippen LogP contribution is -2.04. The van der Waals surface area contributed by atoms with Crippen molar-refractivity contribution in [2.45, 2.75) is 19.6 Å². The molecule has 0 aliphatic rings. The molecule has 2 nitrogen and oxygen atoms in total. The molecule has 0 aromatic heterocycles. The molecule has 0 aliphatic heterocycles. The Morgan fingerprint density at radius 3 is 2.23 bits per heavy atom. The van der Waals surface area contributed by atoms with Crippen LogP contribution in [0.2, 0.25) is 0 Å². The highest BCUT2D eigenvalue weighted by molar-refractivity contribution is 5.85. The summed E-state index contributed by atoms with van der Waals surface area (Å²) in [6, 6.07) is 8.28. The fourth-order valence-electron chi connectivity index (χ4n) is 1.08. The van der Waals surface area contributed by atoms with Gasteiger partial charge in [-0.15, -0.1) is 12.4 Å². The normalized spacial score (nSPS) is 11.9. The van der Waals surface area contributed by atoms with E-state index in [0.29, 0.717) is 6.61 Å². The maximum Gasteiger partial charge on any atom is 0.0713 e. The van der Waals surface area contributed by atoms with Crippen molar-refractivity contribution in [3.63, 3.8) is 0 Å². The predicted octanol–water partition coefficient (Wildman–Crippen LogP) is 2.27. The lowest BCUT2D eigenvalue weighted by atomic mass is 10.1. The van der Waals surface area contributed by atoms with E-state index < -0.39 is 0 Å². The van der Waals surface area contributed by atoms with E-state index in [-0.39, 0.29) is 18.4 Å². The summed E-state index contributed by atoms with van der Waals surface area (Å²) in [5, 5.41) is 0. The number of rotatable bonds is 3. The van der Waals surface area contributed by atoms with Gasteiger partial charge in [-0.3, -0.25) is 0 Å². The third kappa shape index (κ3) is 3.77. The first-order chi connectivity index (χ1) is 5.74. The van der Waals surface area contributed by atoms with Crippen LogP contribution in [0.4, 0.5) is 0 Å². The molecule has 1 aromatic rings. The molecule has 0 heterocycles. The summed E-state index contributed by atoms with van der Waals surface area (Å²) in [7, 11) is 1.69. The minimum atomic E-state index is 0. The van der Waals surface area contributed by atoms with Crippen LogP contribution in [0.25, 0.3) is 0 Å². The second kappa shape index (κ2) is 5.97. The molecule has 0 saturated heterocycles. The summed E-state index contributed by atoms with van der Waals surface area (Å²) < 4.78 is 5.00. The van der Waals surface area contributed by atoms with Gasteiger partial charge >= 0.3 is 0 Å². The second-order valence-electron chi connectivity index (χ2n) is 2.96. The molecular weight excluding hydrogens is 186 g/mol. The zero-order chi connectivity index (χ0) is 8.97. The van der Waals surface area contributed by atoms with Crippen LogP contribution < -0.4 is 5.73 Å². The Morgan fingerprint density at radius 2 is 1.85 bits per heavy atom. The maximum atomic E-state index is 5.71. The average molecular weight is 202 g/mol. The van der Waals surface area contributed by atoms with E-state index in [4.69, 9.17) is 10.5 Å². The highest BCUT2D eigenvalue weighted by atomic mass is 35.5. The van der Waals surface area contributed by atoms with Crippen LogP contribution in [0.3, 0.4) is 0 Å².